The Morgan fingerprint density at radius 1 is 1.29 bits per heavy atom. The average Bonchev–Trinajstić information content (AvgIpc) is 3.36. The lowest BCUT2D eigenvalue weighted by atomic mass is 10.1. The SMILES string of the molecule is Cc1nc2c3c(nn2c(C)c1Cl)CN(C(=O)c1ccccc1CO[C@H]1CCCNC1)C3. The van der Waals surface area contributed by atoms with Crippen molar-refractivity contribution < 1.29 is 9.53 Å². The minimum atomic E-state index is -0.000438. The second-order valence-electron chi connectivity index (χ2n) is 8.35. The van der Waals surface area contributed by atoms with Crippen LogP contribution in [0.5, 0.6) is 0 Å². The maximum Gasteiger partial charge on any atom is 0.254 e. The van der Waals surface area contributed by atoms with Crippen LogP contribution in [0.2, 0.25) is 5.02 Å². The van der Waals surface area contributed by atoms with E-state index in [0.717, 1.165) is 59.8 Å². The summed E-state index contributed by atoms with van der Waals surface area (Å²) in [7, 11) is 0. The zero-order valence-electron chi connectivity index (χ0n) is 17.8. The molecule has 1 aromatic carbocycles. The van der Waals surface area contributed by atoms with Crippen LogP contribution in [0.3, 0.4) is 0 Å². The Kier molecular flexibility index (Phi) is 5.42. The third kappa shape index (κ3) is 3.71. The van der Waals surface area contributed by atoms with Gasteiger partial charge in [0.15, 0.2) is 5.65 Å². The Hall–Kier alpha value is -2.48. The summed E-state index contributed by atoms with van der Waals surface area (Å²) < 4.78 is 7.89. The number of carbonyl (C=O) groups is 1. The molecule has 0 spiro atoms. The molecule has 1 saturated heterocycles. The second-order valence-corrected chi connectivity index (χ2v) is 8.73. The monoisotopic (exact) mass is 439 g/mol. The largest absolute Gasteiger partial charge is 0.372 e. The van der Waals surface area contributed by atoms with E-state index in [1.807, 2.05) is 43.0 Å². The van der Waals surface area contributed by atoms with Crippen molar-refractivity contribution >= 4 is 23.2 Å². The van der Waals surface area contributed by atoms with Crippen molar-refractivity contribution in [1.29, 1.82) is 0 Å². The van der Waals surface area contributed by atoms with Gasteiger partial charge in [0.25, 0.3) is 5.91 Å². The van der Waals surface area contributed by atoms with Gasteiger partial charge in [0.2, 0.25) is 0 Å². The van der Waals surface area contributed by atoms with Crippen molar-refractivity contribution in [3.8, 4) is 0 Å². The van der Waals surface area contributed by atoms with Gasteiger partial charge in [-0.2, -0.15) is 5.10 Å². The average molecular weight is 440 g/mol. The normalized spacial score (nSPS) is 18.5. The first kappa shape index (κ1) is 20.4. The summed E-state index contributed by atoms with van der Waals surface area (Å²) in [6.45, 7) is 7.15. The Bertz CT molecular complexity index is 1150. The minimum absolute atomic E-state index is 0.000438. The highest BCUT2D eigenvalue weighted by Crippen LogP contribution is 2.30. The number of aryl methyl sites for hydroxylation is 2. The van der Waals surface area contributed by atoms with Gasteiger partial charge in [0.1, 0.15) is 0 Å². The number of nitrogens with one attached hydrogen (secondary N) is 1. The maximum absolute atomic E-state index is 13.4. The van der Waals surface area contributed by atoms with E-state index < -0.39 is 0 Å². The highest BCUT2D eigenvalue weighted by Gasteiger charge is 2.31. The number of piperidine rings is 1. The summed E-state index contributed by atoms with van der Waals surface area (Å²) in [6, 6.07) is 7.72. The van der Waals surface area contributed by atoms with Gasteiger partial charge in [-0.15, -0.1) is 0 Å². The van der Waals surface area contributed by atoms with Crippen LogP contribution in [-0.2, 0) is 24.4 Å². The van der Waals surface area contributed by atoms with E-state index in [2.05, 4.69) is 15.4 Å². The van der Waals surface area contributed by atoms with Crippen molar-refractivity contribution in [2.24, 2.45) is 0 Å². The highest BCUT2D eigenvalue weighted by atomic mass is 35.5. The summed E-state index contributed by atoms with van der Waals surface area (Å²) >= 11 is 6.34. The number of halogens is 1. The van der Waals surface area contributed by atoms with E-state index in [1.165, 1.54) is 0 Å². The lowest BCUT2D eigenvalue weighted by Gasteiger charge is -2.24. The molecule has 4 heterocycles. The molecular formula is C23H26ClN5O2. The van der Waals surface area contributed by atoms with Crippen LogP contribution in [0.1, 0.15) is 51.4 Å². The van der Waals surface area contributed by atoms with E-state index >= 15 is 0 Å². The van der Waals surface area contributed by atoms with E-state index in [1.54, 1.807) is 4.52 Å². The number of aromatic nitrogens is 3. The van der Waals surface area contributed by atoms with Gasteiger partial charge in [-0.05, 0) is 44.9 Å². The van der Waals surface area contributed by atoms with Gasteiger partial charge >= 0.3 is 0 Å². The molecule has 1 fully saturated rings. The first-order chi connectivity index (χ1) is 15.0. The highest BCUT2D eigenvalue weighted by molar-refractivity contribution is 6.31. The molecule has 1 amide bonds. The van der Waals surface area contributed by atoms with E-state index in [-0.39, 0.29) is 12.0 Å². The van der Waals surface area contributed by atoms with Gasteiger partial charge in [-0.3, -0.25) is 4.79 Å². The first-order valence-corrected chi connectivity index (χ1v) is 11.1. The molecule has 0 aliphatic carbocycles. The maximum atomic E-state index is 13.4. The number of rotatable bonds is 4. The summed E-state index contributed by atoms with van der Waals surface area (Å²) in [5.74, 6) is -0.000438. The summed E-state index contributed by atoms with van der Waals surface area (Å²) in [6.07, 6.45) is 2.38. The molecule has 1 N–H and O–H groups in total. The summed E-state index contributed by atoms with van der Waals surface area (Å²) in [5, 5.41) is 8.68. The molecule has 0 radical (unpaired) electrons. The van der Waals surface area contributed by atoms with E-state index in [9.17, 15) is 4.79 Å². The number of ether oxygens (including phenoxy) is 1. The zero-order valence-corrected chi connectivity index (χ0v) is 18.6. The molecule has 31 heavy (non-hydrogen) atoms. The predicted octanol–water partition coefficient (Wildman–Crippen LogP) is 3.42. The molecule has 2 aliphatic heterocycles. The Balaban J connectivity index is 1.36. The number of benzene rings is 1. The van der Waals surface area contributed by atoms with Crippen molar-refractivity contribution in [2.75, 3.05) is 13.1 Å². The molecule has 8 heteroatoms. The van der Waals surface area contributed by atoms with Crippen LogP contribution in [0, 0.1) is 13.8 Å². The van der Waals surface area contributed by atoms with Crippen LogP contribution in [0.4, 0.5) is 0 Å². The van der Waals surface area contributed by atoms with Crippen LogP contribution in [0.25, 0.3) is 5.65 Å². The molecule has 0 saturated carbocycles. The molecule has 3 aromatic rings. The number of hydrogen-bond acceptors (Lipinski definition) is 5. The Morgan fingerprint density at radius 3 is 2.94 bits per heavy atom. The third-order valence-corrected chi connectivity index (χ3v) is 6.76. The molecule has 162 valence electrons. The quantitative estimate of drug-likeness (QED) is 0.674. The molecule has 2 aliphatic rings. The van der Waals surface area contributed by atoms with E-state index in [4.69, 9.17) is 16.3 Å². The van der Waals surface area contributed by atoms with Gasteiger partial charge in [0, 0.05) is 17.7 Å². The van der Waals surface area contributed by atoms with Crippen molar-refractivity contribution in [3.63, 3.8) is 0 Å². The number of nitrogens with zero attached hydrogens (tertiary/aromatic N) is 4. The van der Waals surface area contributed by atoms with Crippen molar-refractivity contribution in [3.05, 3.63) is 63.1 Å². The van der Waals surface area contributed by atoms with Crippen LogP contribution >= 0.6 is 11.6 Å². The molecule has 5 rings (SSSR count). The fourth-order valence-corrected chi connectivity index (χ4v) is 4.57. The van der Waals surface area contributed by atoms with Gasteiger partial charge < -0.3 is 15.0 Å². The first-order valence-electron chi connectivity index (χ1n) is 10.8. The van der Waals surface area contributed by atoms with Crippen LogP contribution in [-0.4, -0.2) is 44.6 Å². The zero-order chi connectivity index (χ0) is 21.5. The molecule has 2 aromatic heterocycles. The van der Waals surface area contributed by atoms with E-state index in [0.29, 0.717) is 30.3 Å². The van der Waals surface area contributed by atoms with Crippen LogP contribution in [0.15, 0.2) is 24.3 Å². The smallest absolute Gasteiger partial charge is 0.254 e. The predicted molar refractivity (Wildman–Crippen MR) is 118 cm³/mol. The topological polar surface area (TPSA) is 71.8 Å². The Morgan fingerprint density at radius 2 is 2.13 bits per heavy atom. The molecule has 0 bridgehead atoms. The summed E-state index contributed by atoms with van der Waals surface area (Å²) in [5.41, 5.74) is 5.93. The number of hydrogen-bond donors (Lipinski definition) is 1. The molecule has 0 unspecified atom stereocenters. The minimum Gasteiger partial charge on any atom is -0.372 e. The Labute approximate surface area is 186 Å². The molecule has 7 nitrogen and oxygen atoms in total. The van der Waals surface area contributed by atoms with Gasteiger partial charge in [-0.1, -0.05) is 29.8 Å². The lowest BCUT2D eigenvalue weighted by molar-refractivity contribution is 0.0246. The van der Waals surface area contributed by atoms with Gasteiger partial charge in [-0.25, -0.2) is 9.50 Å². The number of carbonyl (C=O) groups excluding carboxylic acids is 1. The standard InChI is InChI=1S/C23H26ClN5O2/c1-14-21(24)15(2)29-22(26-14)19-11-28(12-20(19)27-29)23(30)18-8-4-3-6-16(18)13-31-17-7-5-9-25-10-17/h3-4,6,8,17,25H,5,7,9-13H2,1-2H3/t17-/m0/s1. The van der Waals surface area contributed by atoms with Crippen molar-refractivity contribution in [2.45, 2.75) is 52.5 Å². The number of amides is 1. The molecular weight excluding hydrogens is 414 g/mol. The van der Waals surface area contributed by atoms with Crippen LogP contribution < -0.4 is 5.32 Å². The fourth-order valence-electron chi connectivity index (χ4n) is 4.45. The lowest BCUT2D eigenvalue weighted by Crippen LogP contribution is -2.35. The third-order valence-electron chi connectivity index (χ3n) is 6.22. The number of fused-ring (bicyclic) bond motifs is 3. The fraction of sp³-hybridized carbons (Fsp3) is 0.435. The van der Waals surface area contributed by atoms with Crippen molar-refractivity contribution in [1.82, 2.24) is 24.8 Å². The molecule has 1 atom stereocenters. The summed E-state index contributed by atoms with van der Waals surface area (Å²) in [4.78, 5) is 19.9. The second kappa shape index (κ2) is 8.22. The van der Waals surface area contributed by atoms with Gasteiger partial charge in [0.05, 0.1) is 47.9 Å².